The fraction of sp³-hybridized carbons (Fsp3) is 0.400. The summed E-state index contributed by atoms with van der Waals surface area (Å²) in [5, 5.41) is -0.697. The zero-order valence-electron chi connectivity index (χ0n) is 15.6. The third kappa shape index (κ3) is 3.56. The SMILES string of the molecule is O=S(=O)(c1ccccc1)C1CN(S(=O)(=O)c2ccc(N3CCCCC3)cc2)C1. The first-order valence-electron chi connectivity index (χ1n) is 9.53. The second-order valence-electron chi connectivity index (χ2n) is 7.34. The zero-order valence-corrected chi connectivity index (χ0v) is 17.2. The lowest BCUT2D eigenvalue weighted by Gasteiger charge is -2.37. The second kappa shape index (κ2) is 7.50. The summed E-state index contributed by atoms with van der Waals surface area (Å²) in [7, 11) is -7.19. The molecule has 0 aliphatic carbocycles. The summed E-state index contributed by atoms with van der Waals surface area (Å²) in [5.41, 5.74) is 1.03. The predicted octanol–water partition coefficient (Wildman–Crippen LogP) is 2.52. The Hall–Kier alpha value is -1.90. The van der Waals surface area contributed by atoms with Gasteiger partial charge in [-0.3, -0.25) is 0 Å². The van der Waals surface area contributed by atoms with E-state index in [-0.39, 0.29) is 22.9 Å². The topological polar surface area (TPSA) is 74.8 Å². The normalized spacial score (nSPS) is 19.4. The van der Waals surface area contributed by atoms with E-state index in [0.29, 0.717) is 0 Å². The minimum Gasteiger partial charge on any atom is -0.372 e. The summed E-state index contributed by atoms with van der Waals surface area (Å²) in [6, 6.07) is 15.1. The van der Waals surface area contributed by atoms with Crippen molar-refractivity contribution in [3.63, 3.8) is 0 Å². The molecule has 2 aliphatic rings. The largest absolute Gasteiger partial charge is 0.372 e. The Morgan fingerprint density at radius 1 is 0.714 bits per heavy atom. The van der Waals surface area contributed by atoms with Crippen molar-refractivity contribution in [2.75, 3.05) is 31.1 Å². The van der Waals surface area contributed by atoms with Crippen molar-refractivity contribution in [2.45, 2.75) is 34.3 Å². The Morgan fingerprint density at radius 3 is 1.93 bits per heavy atom. The van der Waals surface area contributed by atoms with E-state index in [2.05, 4.69) is 4.90 Å². The monoisotopic (exact) mass is 420 g/mol. The van der Waals surface area contributed by atoms with Crippen molar-refractivity contribution >= 4 is 25.5 Å². The molecule has 0 spiro atoms. The molecule has 4 rings (SSSR count). The first-order chi connectivity index (χ1) is 13.4. The molecule has 2 aromatic rings. The molecule has 0 atom stereocenters. The van der Waals surface area contributed by atoms with Crippen LogP contribution in [0.4, 0.5) is 5.69 Å². The summed E-state index contributed by atoms with van der Waals surface area (Å²) in [4.78, 5) is 2.72. The summed E-state index contributed by atoms with van der Waals surface area (Å²) in [6.07, 6.45) is 3.56. The van der Waals surface area contributed by atoms with Crippen LogP contribution < -0.4 is 4.90 Å². The lowest BCUT2D eigenvalue weighted by molar-refractivity contribution is 0.309. The molecule has 2 aliphatic heterocycles. The van der Waals surface area contributed by atoms with Crippen LogP contribution in [0.3, 0.4) is 0 Å². The molecule has 6 nitrogen and oxygen atoms in total. The Bertz CT molecular complexity index is 1020. The second-order valence-corrected chi connectivity index (χ2v) is 11.5. The smallest absolute Gasteiger partial charge is 0.243 e. The van der Waals surface area contributed by atoms with Crippen molar-refractivity contribution in [3.05, 3.63) is 54.6 Å². The maximum absolute atomic E-state index is 12.8. The van der Waals surface area contributed by atoms with Crippen LogP contribution in [0.25, 0.3) is 0 Å². The van der Waals surface area contributed by atoms with Crippen molar-refractivity contribution in [2.24, 2.45) is 0 Å². The lowest BCUT2D eigenvalue weighted by Crippen LogP contribution is -2.56. The van der Waals surface area contributed by atoms with E-state index in [0.717, 1.165) is 31.6 Å². The van der Waals surface area contributed by atoms with Crippen LogP contribution >= 0.6 is 0 Å². The number of benzene rings is 2. The lowest BCUT2D eigenvalue weighted by atomic mass is 10.1. The van der Waals surface area contributed by atoms with E-state index >= 15 is 0 Å². The molecule has 2 saturated heterocycles. The van der Waals surface area contributed by atoms with Gasteiger partial charge >= 0.3 is 0 Å². The Labute approximate surface area is 166 Å². The molecular weight excluding hydrogens is 396 g/mol. The highest BCUT2D eigenvalue weighted by atomic mass is 32.2. The molecule has 0 radical (unpaired) electrons. The molecule has 0 unspecified atom stereocenters. The van der Waals surface area contributed by atoms with E-state index in [9.17, 15) is 16.8 Å². The van der Waals surface area contributed by atoms with Gasteiger partial charge in [0, 0.05) is 31.9 Å². The zero-order chi connectivity index (χ0) is 19.8. The highest BCUT2D eigenvalue weighted by Crippen LogP contribution is 2.30. The van der Waals surface area contributed by atoms with Crippen LogP contribution in [0.5, 0.6) is 0 Å². The molecule has 2 fully saturated rings. The number of nitrogens with zero attached hydrogens (tertiary/aromatic N) is 2. The van der Waals surface area contributed by atoms with Crippen LogP contribution in [0.15, 0.2) is 64.4 Å². The minimum absolute atomic E-state index is 0.00651. The van der Waals surface area contributed by atoms with E-state index in [1.165, 1.54) is 10.7 Å². The molecule has 150 valence electrons. The number of piperidine rings is 1. The average Bonchev–Trinajstić information content (AvgIpc) is 2.68. The number of hydrogen-bond donors (Lipinski definition) is 0. The van der Waals surface area contributed by atoms with E-state index in [1.54, 1.807) is 42.5 Å². The Kier molecular flexibility index (Phi) is 5.20. The molecule has 0 N–H and O–H groups in total. The number of hydrogen-bond acceptors (Lipinski definition) is 5. The molecule has 2 heterocycles. The molecule has 0 bridgehead atoms. The summed E-state index contributed by atoms with van der Waals surface area (Å²) in [6.45, 7) is 1.98. The summed E-state index contributed by atoms with van der Waals surface area (Å²) >= 11 is 0. The Morgan fingerprint density at radius 2 is 1.32 bits per heavy atom. The number of rotatable bonds is 5. The standard InChI is InChI=1S/C20H24N2O4S2/c23-27(24,18-7-3-1-4-8-18)20-15-22(16-20)28(25,26)19-11-9-17(10-12-19)21-13-5-2-6-14-21/h1,3-4,7-12,20H,2,5-6,13-16H2. The van der Waals surface area contributed by atoms with Gasteiger partial charge in [-0.2, -0.15) is 4.31 Å². The fourth-order valence-corrected chi connectivity index (χ4v) is 7.12. The predicted molar refractivity (Wildman–Crippen MR) is 109 cm³/mol. The highest BCUT2D eigenvalue weighted by molar-refractivity contribution is 7.92. The molecule has 2 aromatic carbocycles. The number of sulfone groups is 1. The molecule has 28 heavy (non-hydrogen) atoms. The van der Waals surface area contributed by atoms with Gasteiger partial charge < -0.3 is 4.90 Å². The van der Waals surface area contributed by atoms with Gasteiger partial charge in [-0.15, -0.1) is 0 Å². The van der Waals surface area contributed by atoms with Gasteiger partial charge in [0.2, 0.25) is 10.0 Å². The molecular formula is C20H24N2O4S2. The van der Waals surface area contributed by atoms with Gasteiger partial charge in [-0.25, -0.2) is 16.8 Å². The minimum atomic E-state index is -3.67. The fourth-order valence-electron chi connectivity index (χ4n) is 3.73. The van der Waals surface area contributed by atoms with Crippen molar-refractivity contribution < 1.29 is 16.8 Å². The number of sulfonamides is 1. The highest BCUT2D eigenvalue weighted by Gasteiger charge is 2.44. The van der Waals surface area contributed by atoms with Gasteiger partial charge in [0.25, 0.3) is 0 Å². The number of anilines is 1. The van der Waals surface area contributed by atoms with Gasteiger partial charge in [0.15, 0.2) is 9.84 Å². The average molecular weight is 421 g/mol. The van der Waals surface area contributed by atoms with E-state index in [4.69, 9.17) is 0 Å². The van der Waals surface area contributed by atoms with Crippen molar-refractivity contribution in [3.8, 4) is 0 Å². The van der Waals surface area contributed by atoms with Crippen LogP contribution in [-0.4, -0.2) is 52.6 Å². The van der Waals surface area contributed by atoms with Crippen LogP contribution in [0.1, 0.15) is 19.3 Å². The van der Waals surface area contributed by atoms with Gasteiger partial charge in [-0.1, -0.05) is 18.2 Å². The van der Waals surface area contributed by atoms with Crippen molar-refractivity contribution in [1.29, 1.82) is 0 Å². The van der Waals surface area contributed by atoms with Crippen LogP contribution in [-0.2, 0) is 19.9 Å². The van der Waals surface area contributed by atoms with E-state index < -0.39 is 25.1 Å². The quantitative estimate of drug-likeness (QED) is 0.743. The summed E-state index contributed by atoms with van der Waals surface area (Å²) < 4.78 is 52.1. The summed E-state index contributed by atoms with van der Waals surface area (Å²) in [5.74, 6) is 0. The van der Waals surface area contributed by atoms with Crippen LogP contribution in [0.2, 0.25) is 0 Å². The molecule has 0 saturated carbocycles. The van der Waals surface area contributed by atoms with Gasteiger partial charge in [0.1, 0.15) is 0 Å². The third-order valence-corrected chi connectivity index (χ3v) is 9.47. The first-order valence-corrected chi connectivity index (χ1v) is 12.5. The first kappa shape index (κ1) is 19.4. The Balaban J connectivity index is 1.45. The van der Waals surface area contributed by atoms with Gasteiger partial charge in [-0.05, 0) is 55.7 Å². The van der Waals surface area contributed by atoms with Gasteiger partial charge in [0.05, 0.1) is 15.0 Å². The maximum Gasteiger partial charge on any atom is 0.243 e. The third-order valence-electron chi connectivity index (χ3n) is 5.52. The van der Waals surface area contributed by atoms with Crippen LogP contribution in [0, 0.1) is 0 Å². The molecule has 8 heteroatoms. The molecule has 0 aromatic heterocycles. The maximum atomic E-state index is 12.8. The van der Waals surface area contributed by atoms with Crippen molar-refractivity contribution in [1.82, 2.24) is 4.31 Å². The van der Waals surface area contributed by atoms with E-state index in [1.807, 2.05) is 12.1 Å². The molecule has 0 amide bonds.